The Balaban J connectivity index is 1.45. The summed E-state index contributed by atoms with van der Waals surface area (Å²) in [5, 5.41) is 0. The number of carbonyl (C=O) groups excluding carboxylic acids is 1. The molecule has 0 radical (unpaired) electrons. The molecular weight excluding hydrogens is 400 g/mol. The lowest BCUT2D eigenvalue weighted by molar-refractivity contribution is -0.127. The van der Waals surface area contributed by atoms with Crippen LogP contribution >= 0.6 is 0 Å². The fourth-order valence-electron chi connectivity index (χ4n) is 6.63. The van der Waals surface area contributed by atoms with Gasteiger partial charge in [0.05, 0.1) is 21.3 Å². The van der Waals surface area contributed by atoms with E-state index in [2.05, 4.69) is 31.2 Å². The van der Waals surface area contributed by atoms with E-state index in [1.54, 1.807) is 21.3 Å². The molecule has 4 heteroatoms. The van der Waals surface area contributed by atoms with Gasteiger partial charge in [-0.15, -0.1) is 0 Å². The molecule has 2 saturated carbocycles. The van der Waals surface area contributed by atoms with E-state index >= 15 is 0 Å². The lowest BCUT2D eigenvalue weighted by Gasteiger charge is -2.48. The Morgan fingerprint density at radius 3 is 2.53 bits per heavy atom. The van der Waals surface area contributed by atoms with Gasteiger partial charge in [-0.2, -0.15) is 0 Å². The summed E-state index contributed by atoms with van der Waals surface area (Å²) in [6.45, 7) is 2.22. The van der Waals surface area contributed by atoms with Crippen molar-refractivity contribution in [1.82, 2.24) is 0 Å². The fourth-order valence-corrected chi connectivity index (χ4v) is 6.63. The number of benzene rings is 2. The maximum atomic E-state index is 13.6. The van der Waals surface area contributed by atoms with E-state index in [9.17, 15) is 4.79 Å². The molecule has 0 spiro atoms. The molecule has 0 aromatic heterocycles. The van der Waals surface area contributed by atoms with Gasteiger partial charge in [-0.1, -0.05) is 19.1 Å². The van der Waals surface area contributed by atoms with Gasteiger partial charge in [-0.3, -0.25) is 4.79 Å². The molecule has 2 fully saturated rings. The first kappa shape index (κ1) is 21.1. The molecule has 0 saturated heterocycles. The Labute approximate surface area is 190 Å². The van der Waals surface area contributed by atoms with Crippen LogP contribution in [0.3, 0.4) is 0 Å². The number of ketones is 1. The maximum absolute atomic E-state index is 13.6. The average Bonchev–Trinajstić information content (AvgIpc) is 3.08. The van der Waals surface area contributed by atoms with Crippen molar-refractivity contribution >= 4 is 11.9 Å². The Morgan fingerprint density at radius 1 is 0.969 bits per heavy atom. The van der Waals surface area contributed by atoms with Crippen LogP contribution in [0.5, 0.6) is 17.2 Å². The fraction of sp³-hybridized carbons (Fsp3) is 0.464. The molecule has 4 nitrogen and oxygen atoms in total. The van der Waals surface area contributed by atoms with Crippen LogP contribution in [0, 0.1) is 17.3 Å². The summed E-state index contributed by atoms with van der Waals surface area (Å²) in [6.07, 6.45) is 7.23. The van der Waals surface area contributed by atoms with Gasteiger partial charge in [0, 0.05) is 5.41 Å². The van der Waals surface area contributed by atoms with Crippen molar-refractivity contribution in [1.29, 1.82) is 0 Å². The zero-order chi connectivity index (χ0) is 22.5. The highest BCUT2D eigenvalue weighted by Gasteiger charge is 2.56. The molecule has 0 N–H and O–H groups in total. The van der Waals surface area contributed by atoms with Crippen LogP contribution in [-0.4, -0.2) is 27.1 Å². The van der Waals surface area contributed by atoms with Gasteiger partial charge in [-0.05, 0) is 102 Å². The van der Waals surface area contributed by atoms with Crippen molar-refractivity contribution in [2.75, 3.05) is 21.3 Å². The SMILES string of the molecule is COc1ccc2c(c1)CC[C@@H]1[C@@H]2CC[C@]2(C)C(=O)/C(=C/c3ccc(OC)c(OC)c3)C[C@@H]12. The van der Waals surface area contributed by atoms with E-state index < -0.39 is 0 Å². The molecule has 32 heavy (non-hydrogen) atoms. The predicted octanol–water partition coefficient (Wildman–Crippen LogP) is 5.83. The molecule has 0 bridgehead atoms. The lowest BCUT2D eigenvalue weighted by atomic mass is 9.55. The summed E-state index contributed by atoms with van der Waals surface area (Å²) in [7, 11) is 5.01. The molecule has 3 aliphatic carbocycles. The quantitative estimate of drug-likeness (QED) is 0.570. The molecule has 0 unspecified atom stereocenters. The van der Waals surface area contributed by atoms with Crippen LogP contribution in [0.25, 0.3) is 6.08 Å². The lowest BCUT2D eigenvalue weighted by Crippen LogP contribution is -2.42. The molecule has 2 aromatic rings. The van der Waals surface area contributed by atoms with Gasteiger partial charge in [0.15, 0.2) is 17.3 Å². The predicted molar refractivity (Wildman–Crippen MR) is 126 cm³/mol. The smallest absolute Gasteiger partial charge is 0.165 e. The van der Waals surface area contributed by atoms with Gasteiger partial charge in [0.25, 0.3) is 0 Å². The standard InChI is InChI=1S/C28H32O4/c1-28-12-11-22-21-9-7-20(30-2)15-18(21)6-8-23(22)24(28)16-19(27(28)29)13-17-5-10-25(31-3)26(14-17)32-4/h5,7,9-10,13-15,22-24H,6,8,11-12,16H2,1-4H3/b19-13+/t22-,23-,24+,28+/m1/s1. The molecule has 3 aliphatic rings. The molecule has 0 amide bonds. The highest BCUT2D eigenvalue weighted by Crippen LogP contribution is 2.61. The average molecular weight is 433 g/mol. The number of Topliss-reactive ketones (excluding diaryl/α,β-unsaturated/α-hetero) is 1. The first-order chi connectivity index (χ1) is 15.5. The summed E-state index contributed by atoms with van der Waals surface area (Å²) in [5.74, 6) is 4.21. The van der Waals surface area contributed by atoms with Crippen LogP contribution in [0.15, 0.2) is 42.0 Å². The second-order valence-electron chi connectivity index (χ2n) is 9.75. The molecule has 0 aliphatic heterocycles. The van der Waals surface area contributed by atoms with Crippen LogP contribution in [0.4, 0.5) is 0 Å². The minimum Gasteiger partial charge on any atom is -0.497 e. The van der Waals surface area contributed by atoms with E-state index in [-0.39, 0.29) is 5.41 Å². The van der Waals surface area contributed by atoms with Gasteiger partial charge >= 0.3 is 0 Å². The van der Waals surface area contributed by atoms with Crippen LogP contribution < -0.4 is 14.2 Å². The number of rotatable bonds is 4. The Morgan fingerprint density at radius 2 is 1.78 bits per heavy atom. The highest BCUT2D eigenvalue weighted by atomic mass is 16.5. The second-order valence-corrected chi connectivity index (χ2v) is 9.75. The number of methoxy groups -OCH3 is 3. The summed E-state index contributed by atoms with van der Waals surface area (Å²) in [4.78, 5) is 13.6. The van der Waals surface area contributed by atoms with Crippen LogP contribution in [0.1, 0.15) is 55.2 Å². The first-order valence-electron chi connectivity index (χ1n) is 11.6. The summed E-state index contributed by atoms with van der Waals surface area (Å²) in [6, 6.07) is 12.4. The van der Waals surface area contributed by atoms with E-state index in [1.165, 1.54) is 11.1 Å². The number of fused-ring (bicyclic) bond motifs is 5. The minimum atomic E-state index is -0.243. The largest absolute Gasteiger partial charge is 0.497 e. The Kier molecular flexibility index (Phi) is 5.27. The molecule has 2 aromatic carbocycles. The van der Waals surface area contributed by atoms with Gasteiger partial charge in [-0.25, -0.2) is 0 Å². The number of hydrogen-bond acceptors (Lipinski definition) is 4. The van der Waals surface area contributed by atoms with E-state index in [0.29, 0.717) is 35.0 Å². The Hall–Kier alpha value is -2.75. The summed E-state index contributed by atoms with van der Waals surface area (Å²) < 4.78 is 16.3. The minimum absolute atomic E-state index is 0.243. The van der Waals surface area contributed by atoms with Crippen molar-refractivity contribution in [3.63, 3.8) is 0 Å². The van der Waals surface area contributed by atoms with Crippen molar-refractivity contribution in [3.8, 4) is 17.2 Å². The zero-order valence-electron chi connectivity index (χ0n) is 19.4. The number of ether oxygens (including phenoxy) is 3. The van der Waals surface area contributed by atoms with Crippen LogP contribution in [0.2, 0.25) is 0 Å². The van der Waals surface area contributed by atoms with Gasteiger partial charge in [0.2, 0.25) is 0 Å². The normalized spacial score (nSPS) is 29.8. The van der Waals surface area contributed by atoms with E-state index in [4.69, 9.17) is 14.2 Å². The Bertz CT molecular complexity index is 1080. The van der Waals surface area contributed by atoms with E-state index in [1.807, 2.05) is 18.2 Å². The third-order valence-electron chi connectivity index (χ3n) is 8.32. The van der Waals surface area contributed by atoms with Gasteiger partial charge in [0.1, 0.15) is 5.75 Å². The zero-order valence-corrected chi connectivity index (χ0v) is 19.4. The number of aryl methyl sites for hydroxylation is 1. The summed E-state index contributed by atoms with van der Waals surface area (Å²) >= 11 is 0. The highest BCUT2D eigenvalue weighted by molar-refractivity contribution is 6.06. The topological polar surface area (TPSA) is 44.8 Å². The maximum Gasteiger partial charge on any atom is 0.165 e. The monoisotopic (exact) mass is 432 g/mol. The number of allylic oxidation sites excluding steroid dienone is 1. The molecule has 5 rings (SSSR count). The first-order valence-corrected chi connectivity index (χ1v) is 11.6. The van der Waals surface area contributed by atoms with Crippen molar-refractivity contribution < 1.29 is 19.0 Å². The molecule has 4 atom stereocenters. The second kappa shape index (κ2) is 7.99. The number of carbonyl (C=O) groups is 1. The van der Waals surface area contributed by atoms with Crippen LogP contribution in [-0.2, 0) is 11.2 Å². The molecule has 168 valence electrons. The third kappa shape index (κ3) is 3.23. The van der Waals surface area contributed by atoms with Gasteiger partial charge < -0.3 is 14.2 Å². The van der Waals surface area contributed by atoms with Crippen molar-refractivity contribution in [3.05, 3.63) is 58.7 Å². The number of hydrogen-bond donors (Lipinski definition) is 0. The van der Waals surface area contributed by atoms with E-state index in [0.717, 1.165) is 49.0 Å². The molecular formula is C28H32O4. The summed E-state index contributed by atoms with van der Waals surface area (Å²) in [5.41, 5.74) is 4.62. The van der Waals surface area contributed by atoms with Crippen molar-refractivity contribution in [2.24, 2.45) is 17.3 Å². The van der Waals surface area contributed by atoms with Crippen molar-refractivity contribution in [2.45, 2.75) is 44.9 Å². The third-order valence-corrected chi connectivity index (χ3v) is 8.32. The molecule has 0 heterocycles.